The minimum Gasteiger partial charge on any atom is -0.392 e. The molecule has 2 atom stereocenters. The molecule has 0 aliphatic heterocycles. The monoisotopic (exact) mass is 370 g/mol. The Bertz CT molecular complexity index is 677. The Balaban J connectivity index is 2.17. The molecule has 0 spiro atoms. The van der Waals surface area contributed by atoms with Crippen molar-refractivity contribution in [1.82, 2.24) is 0 Å². The van der Waals surface area contributed by atoms with E-state index in [4.69, 9.17) is 0 Å². The number of aliphatic hydroxyl groups excluding tert-OH is 1. The van der Waals surface area contributed by atoms with Gasteiger partial charge in [-0.25, -0.2) is 0 Å². The van der Waals surface area contributed by atoms with Crippen molar-refractivity contribution in [2.45, 2.75) is 57.7 Å². The van der Waals surface area contributed by atoms with Crippen LogP contribution in [-0.2, 0) is 4.57 Å². The quantitative estimate of drug-likeness (QED) is 0.729. The van der Waals surface area contributed by atoms with Crippen LogP contribution in [0.1, 0.15) is 46.0 Å². The summed E-state index contributed by atoms with van der Waals surface area (Å²) in [4.78, 5) is 0. The Morgan fingerprint density at radius 2 is 1.31 bits per heavy atom. The van der Waals surface area contributed by atoms with Crippen LogP contribution in [-0.4, -0.2) is 16.9 Å². The highest BCUT2D eigenvalue weighted by molar-refractivity contribution is 7.79. The van der Waals surface area contributed by atoms with E-state index in [0.29, 0.717) is 5.92 Å². The van der Waals surface area contributed by atoms with E-state index in [1.54, 1.807) is 0 Å². The minimum atomic E-state index is -2.96. The van der Waals surface area contributed by atoms with Crippen molar-refractivity contribution < 1.29 is 9.67 Å². The predicted molar refractivity (Wildman–Crippen MR) is 111 cm³/mol. The van der Waals surface area contributed by atoms with Crippen LogP contribution in [0.5, 0.6) is 0 Å². The highest BCUT2D eigenvalue weighted by Crippen LogP contribution is 2.56. The van der Waals surface area contributed by atoms with Gasteiger partial charge in [0.25, 0.3) is 0 Å². The Labute approximate surface area is 158 Å². The molecule has 2 nitrogen and oxygen atoms in total. The van der Waals surface area contributed by atoms with E-state index >= 15 is 0 Å². The molecule has 26 heavy (non-hydrogen) atoms. The molecule has 0 bridgehead atoms. The standard InChI is InChI=1S/C23H31O2P/c1-18(2)22(24)23(19-12-6-3-7-13-19)26(25,20-14-8-4-9-15-20)21-16-10-5-11-17-21/h4-5,8-11,14-19,22-24H,3,6-7,12-13H2,1-2H3/t22-,23+/m1/s1. The molecule has 1 N–H and O–H groups in total. The van der Waals surface area contributed by atoms with Crippen molar-refractivity contribution in [2.24, 2.45) is 11.8 Å². The molecule has 2 aromatic rings. The lowest BCUT2D eigenvalue weighted by molar-refractivity contribution is 0.0926. The maximum Gasteiger partial charge on any atom is 0.148 e. The van der Waals surface area contributed by atoms with E-state index in [0.717, 1.165) is 23.5 Å². The van der Waals surface area contributed by atoms with Crippen molar-refractivity contribution in [2.75, 3.05) is 0 Å². The largest absolute Gasteiger partial charge is 0.392 e. The Hall–Kier alpha value is -1.37. The summed E-state index contributed by atoms with van der Waals surface area (Å²) in [6.07, 6.45) is 5.17. The number of benzene rings is 2. The smallest absolute Gasteiger partial charge is 0.148 e. The van der Waals surface area contributed by atoms with Crippen LogP contribution in [0.3, 0.4) is 0 Å². The van der Waals surface area contributed by atoms with Crippen molar-refractivity contribution in [1.29, 1.82) is 0 Å². The zero-order valence-electron chi connectivity index (χ0n) is 15.9. The van der Waals surface area contributed by atoms with Gasteiger partial charge in [0, 0.05) is 16.3 Å². The molecule has 3 rings (SSSR count). The second-order valence-electron chi connectivity index (χ2n) is 7.95. The summed E-state index contributed by atoms with van der Waals surface area (Å²) in [5.41, 5.74) is -0.215. The summed E-state index contributed by atoms with van der Waals surface area (Å²) in [5, 5.41) is 13.0. The lowest BCUT2D eigenvalue weighted by Crippen LogP contribution is -2.43. The molecule has 0 amide bonds. The van der Waals surface area contributed by atoms with Crippen molar-refractivity contribution in [3.63, 3.8) is 0 Å². The Morgan fingerprint density at radius 1 is 0.846 bits per heavy atom. The van der Waals surface area contributed by atoms with Gasteiger partial charge in [0.05, 0.1) is 6.10 Å². The number of hydrogen-bond donors (Lipinski definition) is 1. The maximum absolute atomic E-state index is 14.8. The average Bonchev–Trinajstić information content (AvgIpc) is 2.70. The van der Waals surface area contributed by atoms with E-state index < -0.39 is 13.2 Å². The first kappa shape index (κ1) is 19.4. The third-order valence-corrected chi connectivity index (χ3v) is 9.56. The molecule has 1 fully saturated rings. The molecule has 0 unspecified atom stereocenters. The first-order valence-electron chi connectivity index (χ1n) is 9.94. The summed E-state index contributed by atoms with van der Waals surface area (Å²) in [7, 11) is -2.96. The second-order valence-corrected chi connectivity index (χ2v) is 10.9. The zero-order valence-corrected chi connectivity index (χ0v) is 16.8. The molecule has 1 saturated carbocycles. The van der Waals surface area contributed by atoms with Crippen LogP contribution >= 0.6 is 7.14 Å². The molecular formula is C23H31O2P. The molecule has 2 aromatic carbocycles. The van der Waals surface area contributed by atoms with Crippen LogP contribution in [0.15, 0.2) is 60.7 Å². The Morgan fingerprint density at radius 3 is 1.73 bits per heavy atom. The van der Waals surface area contributed by atoms with Gasteiger partial charge in [-0.3, -0.25) is 0 Å². The third-order valence-electron chi connectivity index (χ3n) is 5.87. The van der Waals surface area contributed by atoms with E-state index in [-0.39, 0.29) is 11.6 Å². The molecule has 1 aliphatic rings. The van der Waals surface area contributed by atoms with Crippen molar-refractivity contribution in [3.05, 3.63) is 60.7 Å². The van der Waals surface area contributed by atoms with Gasteiger partial charge < -0.3 is 9.67 Å². The topological polar surface area (TPSA) is 37.3 Å². The van der Waals surface area contributed by atoms with Gasteiger partial charge in [0.15, 0.2) is 0 Å². The van der Waals surface area contributed by atoms with E-state index in [2.05, 4.69) is 0 Å². The fraction of sp³-hybridized carbons (Fsp3) is 0.478. The van der Waals surface area contributed by atoms with Crippen LogP contribution in [0, 0.1) is 11.8 Å². The predicted octanol–water partition coefficient (Wildman–Crippen LogP) is 4.97. The summed E-state index contributed by atoms with van der Waals surface area (Å²) in [5.74, 6) is 0.398. The summed E-state index contributed by atoms with van der Waals surface area (Å²) in [6, 6.07) is 19.7. The van der Waals surface area contributed by atoms with Gasteiger partial charge in [0.1, 0.15) is 7.14 Å². The van der Waals surface area contributed by atoms with Crippen LogP contribution in [0.2, 0.25) is 0 Å². The maximum atomic E-state index is 14.8. The normalized spacial score (nSPS) is 18.6. The van der Waals surface area contributed by atoms with Crippen molar-refractivity contribution >= 4 is 17.8 Å². The fourth-order valence-corrected chi connectivity index (χ4v) is 8.34. The summed E-state index contributed by atoms with van der Waals surface area (Å²) < 4.78 is 14.8. The molecule has 1 aliphatic carbocycles. The molecule has 140 valence electrons. The Kier molecular flexibility index (Phi) is 6.37. The SMILES string of the molecule is CC(C)[C@@H](O)[C@H](C1CCCCC1)P(=O)(c1ccccc1)c1ccccc1. The third kappa shape index (κ3) is 3.82. The lowest BCUT2D eigenvalue weighted by Gasteiger charge is -2.40. The number of rotatable bonds is 6. The van der Waals surface area contributed by atoms with Gasteiger partial charge in [-0.15, -0.1) is 0 Å². The van der Waals surface area contributed by atoms with Gasteiger partial charge in [-0.1, -0.05) is 93.8 Å². The molecule has 0 saturated heterocycles. The van der Waals surface area contributed by atoms with Crippen LogP contribution in [0.4, 0.5) is 0 Å². The highest BCUT2D eigenvalue weighted by Gasteiger charge is 2.46. The molecular weight excluding hydrogens is 339 g/mol. The van der Waals surface area contributed by atoms with E-state index in [1.165, 1.54) is 19.3 Å². The van der Waals surface area contributed by atoms with Gasteiger partial charge in [-0.05, 0) is 24.7 Å². The van der Waals surface area contributed by atoms with Gasteiger partial charge in [-0.2, -0.15) is 0 Å². The zero-order chi connectivity index (χ0) is 18.6. The minimum absolute atomic E-state index is 0.0858. The molecule has 0 heterocycles. The molecule has 0 aromatic heterocycles. The second kappa shape index (κ2) is 8.55. The first-order valence-corrected chi connectivity index (χ1v) is 11.7. The molecule has 0 radical (unpaired) electrons. The number of aliphatic hydroxyl groups is 1. The number of hydrogen-bond acceptors (Lipinski definition) is 2. The van der Waals surface area contributed by atoms with Gasteiger partial charge in [0.2, 0.25) is 0 Å². The highest BCUT2D eigenvalue weighted by atomic mass is 31.2. The van der Waals surface area contributed by atoms with Crippen molar-refractivity contribution in [3.8, 4) is 0 Å². The molecule has 3 heteroatoms. The van der Waals surface area contributed by atoms with Crippen LogP contribution < -0.4 is 10.6 Å². The first-order chi connectivity index (χ1) is 12.5. The lowest BCUT2D eigenvalue weighted by atomic mass is 9.83. The van der Waals surface area contributed by atoms with E-state index in [9.17, 15) is 9.67 Å². The summed E-state index contributed by atoms with van der Waals surface area (Å²) >= 11 is 0. The van der Waals surface area contributed by atoms with E-state index in [1.807, 2.05) is 74.5 Å². The summed E-state index contributed by atoms with van der Waals surface area (Å²) in [6.45, 7) is 4.08. The van der Waals surface area contributed by atoms with Gasteiger partial charge >= 0.3 is 0 Å². The van der Waals surface area contributed by atoms with Crippen LogP contribution in [0.25, 0.3) is 0 Å². The fourth-order valence-electron chi connectivity index (χ4n) is 4.45. The average molecular weight is 370 g/mol.